The van der Waals surface area contributed by atoms with Gasteiger partial charge in [0.2, 0.25) is 5.91 Å². The maximum atomic E-state index is 11.8. The number of nitrogens with zero attached hydrogens (tertiary/aromatic N) is 3. The summed E-state index contributed by atoms with van der Waals surface area (Å²) in [5, 5.41) is 8.52. The molecule has 19 heavy (non-hydrogen) atoms. The van der Waals surface area contributed by atoms with Crippen LogP contribution in [0.15, 0.2) is 0 Å². The van der Waals surface area contributed by atoms with Crippen molar-refractivity contribution in [3.8, 4) is 0 Å². The van der Waals surface area contributed by atoms with Gasteiger partial charge >= 0.3 is 5.97 Å². The fourth-order valence-electron chi connectivity index (χ4n) is 1.88. The van der Waals surface area contributed by atoms with Gasteiger partial charge in [-0.1, -0.05) is 0 Å². The fourth-order valence-corrected chi connectivity index (χ4v) is 2.51. The second-order valence-electron chi connectivity index (χ2n) is 4.91. The number of aliphatic carboxylic acids is 1. The van der Waals surface area contributed by atoms with Gasteiger partial charge in [0.05, 0.1) is 11.5 Å². The van der Waals surface area contributed by atoms with Crippen LogP contribution in [0.4, 0.5) is 0 Å². The quantitative estimate of drug-likeness (QED) is 0.682. The Morgan fingerprint density at radius 2 is 1.79 bits per heavy atom. The SMILES string of the molecule is CN(C)CCN1CCN(C(=O)CSCC(=O)O)CC1. The molecule has 0 aliphatic carbocycles. The molecule has 1 rings (SSSR count). The summed E-state index contributed by atoms with van der Waals surface area (Å²) in [4.78, 5) is 28.6. The van der Waals surface area contributed by atoms with Crippen LogP contribution in [-0.4, -0.2) is 96.6 Å². The number of likely N-dealkylation sites (N-methyl/N-ethyl adjacent to an activating group) is 1. The van der Waals surface area contributed by atoms with Crippen LogP contribution in [0, 0.1) is 0 Å². The molecule has 0 spiro atoms. The van der Waals surface area contributed by atoms with E-state index in [1.54, 1.807) is 0 Å². The second-order valence-corrected chi connectivity index (χ2v) is 5.90. The van der Waals surface area contributed by atoms with Crippen LogP contribution in [0.5, 0.6) is 0 Å². The van der Waals surface area contributed by atoms with Crippen LogP contribution < -0.4 is 0 Å². The Labute approximate surface area is 118 Å². The molecule has 1 fully saturated rings. The first-order valence-corrected chi connectivity index (χ1v) is 7.59. The van der Waals surface area contributed by atoms with Gasteiger partial charge in [-0.05, 0) is 14.1 Å². The Balaban J connectivity index is 2.18. The first-order chi connectivity index (χ1) is 8.99. The Morgan fingerprint density at radius 3 is 2.32 bits per heavy atom. The lowest BCUT2D eigenvalue weighted by molar-refractivity contribution is -0.133. The van der Waals surface area contributed by atoms with E-state index in [-0.39, 0.29) is 17.4 Å². The van der Waals surface area contributed by atoms with Gasteiger partial charge in [0, 0.05) is 39.3 Å². The Hall–Kier alpha value is -0.790. The number of carboxylic acid groups (broad SMARTS) is 1. The second kappa shape index (κ2) is 8.39. The van der Waals surface area contributed by atoms with Gasteiger partial charge in [0.25, 0.3) is 0 Å². The highest BCUT2D eigenvalue weighted by atomic mass is 32.2. The number of piperazine rings is 1. The third-order valence-electron chi connectivity index (χ3n) is 3.04. The lowest BCUT2D eigenvalue weighted by atomic mass is 10.3. The summed E-state index contributed by atoms with van der Waals surface area (Å²) in [5.41, 5.74) is 0. The smallest absolute Gasteiger partial charge is 0.313 e. The monoisotopic (exact) mass is 289 g/mol. The van der Waals surface area contributed by atoms with Crippen molar-refractivity contribution in [3.05, 3.63) is 0 Å². The first-order valence-electron chi connectivity index (χ1n) is 6.43. The molecule has 110 valence electrons. The number of carbonyl (C=O) groups excluding carboxylic acids is 1. The molecule has 1 heterocycles. The lowest BCUT2D eigenvalue weighted by Crippen LogP contribution is -2.50. The molecule has 1 aliphatic rings. The summed E-state index contributed by atoms with van der Waals surface area (Å²) < 4.78 is 0. The zero-order valence-corrected chi connectivity index (χ0v) is 12.5. The third-order valence-corrected chi connectivity index (χ3v) is 3.94. The van der Waals surface area contributed by atoms with E-state index in [0.29, 0.717) is 0 Å². The zero-order chi connectivity index (χ0) is 14.3. The molecule has 0 bridgehead atoms. The average molecular weight is 289 g/mol. The predicted octanol–water partition coefficient (Wildman–Crippen LogP) is -0.490. The summed E-state index contributed by atoms with van der Waals surface area (Å²) in [6.07, 6.45) is 0. The maximum absolute atomic E-state index is 11.8. The van der Waals surface area contributed by atoms with E-state index >= 15 is 0 Å². The number of amides is 1. The molecule has 1 saturated heterocycles. The van der Waals surface area contributed by atoms with Gasteiger partial charge < -0.3 is 14.9 Å². The van der Waals surface area contributed by atoms with Crippen molar-refractivity contribution in [1.29, 1.82) is 0 Å². The van der Waals surface area contributed by atoms with E-state index in [2.05, 4.69) is 23.9 Å². The Bertz CT molecular complexity index is 305. The van der Waals surface area contributed by atoms with Crippen molar-refractivity contribution in [2.75, 3.05) is 64.9 Å². The fraction of sp³-hybridized carbons (Fsp3) is 0.833. The van der Waals surface area contributed by atoms with Crippen LogP contribution >= 0.6 is 11.8 Å². The zero-order valence-electron chi connectivity index (χ0n) is 11.7. The third kappa shape index (κ3) is 6.79. The standard InChI is InChI=1S/C12H23N3O3S/c1-13(2)3-4-14-5-7-15(8-6-14)11(16)9-19-10-12(17)18/h3-10H2,1-2H3,(H,17,18). The number of carboxylic acids is 1. The number of thioether (sulfide) groups is 1. The van der Waals surface area contributed by atoms with Gasteiger partial charge in [0.1, 0.15) is 0 Å². The van der Waals surface area contributed by atoms with Crippen LogP contribution in [0.2, 0.25) is 0 Å². The van der Waals surface area contributed by atoms with E-state index in [0.717, 1.165) is 39.3 Å². The average Bonchev–Trinajstić information content (AvgIpc) is 2.36. The molecule has 6 nitrogen and oxygen atoms in total. The molecule has 1 N–H and O–H groups in total. The number of hydrogen-bond acceptors (Lipinski definition) is 5. The van der Waals surface area contributed by atoms with Gasteiger partial charge in [0.15, 0.2) is 0 Å². The largest absolute Gasteiger partial charge is 0.481 e. The van der Waals surface area contributed by atoms with Crippen molar-refractivity contribution in [2.45, 2.75) is 0 Å². The van der Waals surface area contributed by atoms with E-state index < -0.39 is 5.97 Å². The summed E-state index contributed by atoms with van der Waals surface area (Å²) in [6, 6.07) is 0. The molecule has 1 amide bonds. The van der Waals surface area contributed by atoms with E-state index in [1.807, 2.05) is 4.90 Å². The number of rotatable bonds is 7. The van der Waals surface area contributed by atoms with Crippen LogP contribution in [-0.2, 0) is 9.59 Å². The molecular weight excluding hydrogens is 266 g/mol. The molecule has 1 aliphatic heterocycles. The summed E-state index contributed by atoms with van der Waals surface area (Å²) >= 11 is 1.17. The normalized spacial score (nSPS) is 16.9. The molecule has 0 aromatic rings. The van der Waals surface area contributed by atoms with E-state index in [1.165, 1.54) is 11.8 Å². The molecule has 7 heteroatoms. The topological polar surface area (TPSA) is 64.1 Å². The van der Waals surface area contributed by atoms with Crippen molar-refractivity contribution < 1.29 is 14.7 Å². The van der Waals surface area contributed by atoms with Crippen molar-refractivity contribution >= 4 is 23.6 Å². The van der Waals surface area contributed by atoms with Crippen LogP contribution in [0.25, 0.3) is 0 Å². The van der Waals surface area contributed by atoms with Crippen molar-refractivity contribution in [2.24, 2.45) is 0 Å². The highest BCUT2D eigenvalue weighted by Crippen LogP contribution is 2.06. The lowest BCUT2D eigenvalue weighted by Gasteiger charge is -2.35. The van der Waals surface area contributed by atoms with Crippen molar-refractivity contribution in [3.63, 3.8) is 0 Å². The van der Waals surface area contributed by atoms with Gasteiger partial charge in [-0.3, -0.25) is 14.5 Å². The minimum atomic E-state index is -0.869. The Morgan fingerprint density at radius 1 is 1.16 bits per heavy atom. The molecule has 0 atom stereocenters. The molecular formula is C12H23N3O3S. The first kappa shape index (κ1) is 16.3. The number of carbonyl (C=O) groups is 2. The van der Waals surface area contributed by atoms with Crippen LogP contribution in [0.3, 0.4) is 0 Å². The van der Waals surface area contributed by atoms with E-state index in [9.17, 15) is 9.59 Å². The number of hydrogen-bond donors (Lipinski definition) is 1. The van der Waals surface area contributed by atoms with E-state index in [4.69, 9.17) is 5.11 Å². The molecule has 0 aromatic heterocycles. The van der Waals surface area contributed by atoms with Crippen LogP contribution in [0.1, 0.15) is 0 Å². The molecule has 0 aromatic carbocycles. The minimum absolute atomic E-state index is 0.00542. The molecule has 0 unspecified atom stereocenters. The van der Waals surface area contributed by atoms with Gasteiger partial charge in [-0.25, -0.2) is 0 Å². The van der Waals surface area contributed by atoms with Gasteiger partial charge in [-0.15, -0.1) is 11.8 Å². The van der Waals surface area contributed by atoms with Gasteiger partial charge in [-0.2, -0.15) is 0 Å². The Kier molecular flexibility index (Phi) is 7.19. The summed E-state index contributed by atoms with van der Waals surface area (Å²) in [6.45, 7) is 5.37. The summed E-state index contributed by atoms with van der Waals surface area (Å²) in [7, 11) is 4.11. The van der Waals surface area contributed by atoms with Crippen molar-refractivity contribution in [1.82, 2.24) is 14.7 Å². The highest BCUT2D eigenvalue weighted by Gasteiger charge is 2.20. The summed E-state index contributed by atoms with van der Waals surface area (Å²) in [5.74, 6) is -0.553. The molecule has 0 radical (unpaired) electrons. The maximum Gasteiger partial charge on any atom is 0.313 e. The minimum Gasteiger partial charge on any atom is -0.481 e. The highest BCUT2D eigenvalue weighted by molar-refractivity contribution is 8.00. The molecule has 0 saturated carbocycles. The predicted molar refractivity (Wildman–Crippen MR) is 76.5 cm³/mol.